The van der Waals surface area contributed by atoms with Crippen LogP contribution in [0.15, 0.2) is 54.7 Å². The van der Waals surface area contributed by atoms with Gasteiger partial charge in [-0.3, -0.25) is 0 Å². The van der Waals surface area contributed by atoms with Crippen LogP contribution in [0.2, 0.25) is 0 Å². The highest BCUT2D eigenvalue weighted by Gasteiger charge is 2.09. The molecule has 0 saturated heterocycles. The Balaban J connectivity index is 1.93. The number of aryl methyl sites for hydroxylation is 1. The highest BCUT2D eigenvalue weighted by atomic mass is 16.5. The van der Waals surface area contributed by atoms with E-state index in [1.807, 2.05) is 41.2 Å². The van der Waals surface area contributed by atoms with Crippen LogP contribution in [0.25, 0.3) is 16.9 Å². The van der Waals surface area contributed by atoms with Crippen LogP contribution in [0.4, 0.5) is 0 Å². The lowest BCUT2D eigenvalue weighted by Crippen LogP contribution is -2.00. The average molecular weight is 307 g/mol. The summed E-state index contributed by atoms with van der Waals surface area (Å²) in [5, 5.41) is 8.63. The van der Waals surface area contributed by atoms with Crippen molar-refractivity contribution < 1.29 is 4.74 Å². The largest absolute Gasteiger partial charge is 0.497 e. The van der Waals surface area contributed by atoms with Crippen LogP contribution in [0.3, 0.4) is 0 Å². The first-order chi connectivity index (χ1) is 11.3. The lowest BCUT2D eigenvalue weighted by atomic mass is 10.1. The number of para-hydroxylation sites is 1. The number of ether oxygens (including phenoxy) is 1. The van der Waals surface area contributed by atoms with Crippen molar-refractivity contribution in [3.8, 4) is 22.7 Å². The summed E-state index contributed by atoms with van der Waals surface area (Å²) < 4.78 is 7.14. The SMILES string of the molecule is CCCCc1ccccc1-n1cc(-c2cccc(OC)c2)nn1. The molecule has 1 aromatic heterocycles. The number of aromatic nitrogens is 3. The summed E-state index contributed by atoms with van der Waals surface area (Å²) in [5.41, 5.74) is 4.25. The van der Waals surface area contributed by atoms with Crippen LogP contribution in [-0.2, 0) is 6.42 Å². The molecule has 0 radical (unpaired) electrons. The summed E-state index contributed by atoms with van der Waals surface area (Å²) in [6.07, 6.45) is 5.38. The molecule has 0 fully saturated rings. The van der Waals surface area contributed by atoms with E-state index < -0.39 is 0 Å². The molecule has 0 aliphatic carbocycles. The Morgan fingerprint density at radius 3 is 2.78 bits per heavy atom. The van der Waals surface area contributed by atoms with Crippen LogP contribution >= 0.6 is 0 Å². The minimum absolute atomic E-state index is 0.820. The monoisotopic (exact) mass is 307 g/mol. The van der Waals surface area contributed by atoms with E-state index in [1.165, 1.54) is 18.4 Å². The van der Waals surface area contributed by atoms with Crippen LogP contribution in [0.1, 0.15) is 25.3 Å². The number of unbranched alkanes of at least 4 members (excludes halogenated alkanes) is 1. The Kier molecular flexibility index (Phi) is 4.71. The minimum atomic E-state index is 0.820. The number of hydrogen-bond donors (Lipinski definition) is 0. The quantitative estimate of drug-likeness (QED) is 0.682. The molecule has 3 rings (SSSR count). The normalized spacial score (nSPS) is 10.7. The van der Waals surface area contributed by atoms with Gasteiger partial charge < -0.3 is 4.74 Å². The molecule has 118 valence electrons. The first-order valence-corrected chi connectivity index (χ1v) is 7.97. The highest BCUT2D eigenvalue weighted by Crippen LogP contribution is 2.23. The Hall–Kier alpha value is -2.62. The molecule has 3 aromatic rings. The molecular weight excluding hydrogens is 286 g/mol. The summed E-state index contributed by atoms with van der Waals surface area (Å²) in [6, 6.07) is 16.2. The third-order valence-corrected chi connectivity index (χ3v) is 3.90. The number of hydrogen-bond acceptors (Lipinski definition) is 3. The smallest absolute Gasteiger partial charge is 0.119 e. The predicted molar refractivity (Wildman–Crippen MR) is 92.0 cm³/mol. The van der Waals surface area contributed by atoms with Crippen molar-refractivity contribution in [1.29, 1.82) is 0 Å². The molecule has 4 nitrogen and oxygen atoms in total. The van der Waals surface area contributed by atoms with Gasteiger partial charge in [0.2, 0.25) is 0 Å². The number of rotatable bonds is 6. The van der Waals surface area contributed by atoms with Gasteiger partial charge in [-0.05, 0) is 36.6 Å². The van der Waals surface area contributed by atoms with Crippen molar-refractivity contribution in [3.05, 3.63) is 60.3 Å². The van der Waals surface area contributed by atoms with E-state index in [9.17, 15) is 0 Å². The van der Waals surface area contributed by atoms with Crippen LogP contribution in [-0.4, -0.2) is 22.1 Å². The lowest BCUT2D eigenvalue weighted by molar-refractivity contribution is 0.415. The van der Waals surface area contributed by atoms with E-state index in [0.29, 0.717) is 0 Å². The van der Waals surface area contributed by atoms with Gasteiger partial charge in [-0.2, -0.15) is 0 Å². The van der Waals surface area contributed by atoms with E-state index >= 15 is 0 Å². The Morgan fingerprint density at radius 2 is 1.96 bits per heavy atom. The van der Waals surface area contributed by atoms with E-state index in [4.69, 9.17) is 4.74 Å². The van der Waals surface area contributed by atoms with Gasteiger partial charge in [-0.1, -0.05) is 48.9 Å². The predicted octanol–water partition coefficient (Wildman–Crippen LogP) is 4.29. The van der Waals surface area contributed by atoms with Gasteiger partial charge in [0, 0.05) is 5.56 Å². The molecule has 0 N–H and O–H groups in total. The average Bonchev–Trinajstić information content (AvgIpc) is 3.10. The first-order valence-electron chi connectivity index (χ1n) is 7.97. The Bertz CT molecular complexity index is 780. The molecule has 0 amide bonds. The minimum Gasteiger partial charge on any atom is -0.497 e. The highest BCUT2D eigenvalue weighted by molar-refractivity contribution is 5.60. The van der Waals surface area contributed by atoms with Crippen molar-refractivity contribution >= 4 is 0 Å². The molecule has 0 aliphatic rings. The third-order valence-electron chi connectivity index (χ3n) is 3.90. The van der Waals surface area contributed by atoms with Gasteiger partial charge in [-0.25, -0.2) is 4.68 Å². The van der Waals surface area contributed by atoms with Gasteiger partial charge in [-0.15, -0.1) is 5.10 Å². The maximum Gasteiger partial charge on any atom is 0.119 e. The third kappa shape index (κ3) is 3.42. The summed E-state index contributed by atoms with van der Waals surface area (Å²) >= 11 is 0. The second kappa shape index (κ2) is 7.09. The van der Waals surface area contributed by atoms with Crippen molar-refractivity contribution in [1.82, 2.24) is 15.0 Å². The summed E-state index contributed by atoms with van der Waals surface area (Å²) in [5.74, 6) is 0.820. The maximum absolute atomic E-state index is 5.28. The Labute approximate surface area is 136 Å². The topological polar surface area (TPSA) is 39.9 Å². The molecular formula is C19H21N3O. The van der Waals surface area contributed by atoms with E-state index in [2.05, 4.69) is 35.4 Å². The second-order valence-corrected chi connectivity index (χ2v) is 5.51. The van der Waals surface area contributed by atoms with Gasteiger partial charge in [0.1, 0.15) is 11.4 Å². The lowest BCUT2D eigenvalue weighted by Gasteiger charge is -2.07. The standard InChI is InChI=1S/C19H21N3O/c1-3-4-8-15-9-5-6-12-19(15)22-14-18(20-21-22)16-10-7-11-17(13-16)23-2/h5-7,9-14H,3-4,8H2,1-2H3. The molecule has 0 aliphatic heterocycles. The zero-order valence-electron chi connectivity index (χ0n) is 13.6. The number of nitrogens with zero attached hydrogens (tertiary/aromatic N) is 3. The van der Waals surface area contributed by atoms with Gasteiger partial charge in [0.15, 0.2) is 0 Å². The van der Waals surface area contributed by atoms with Gasteiger partial charge >= 0.3 is 0 Å². The zero-order valence-corrected chi connectivity index (χ0v) is 13.6. The van der Waals surface area contributed by atoms with Crippen LogP contribution < -0.4 is 4.74 Å². The summed E-state index contributed by atoms with van der Waals surface area (Å²) in [6.45, 7) is 2.21. The fraction of sp³-hybridized carbons (Fsp3) is 0.263. The molecule has 1 heterocycles. The Morgan fingerprint density at radius 1 is 1.09 bits per heavy atom. The molecule has 0 unspecified atom stereocenters. The zero-order chi connectivity index (χ0) is 16.1. The van der Waals surface area contributed by atoms with Crippen molar-refractivity contribution in [2.75, 3.05) is 7.11 Å². The van der Waals surface area contributed by atoms with Crippen molar-refractivity contribution in [2.24, 2.45) is 0 Å². The number of benzene rings is 2. The van der Waals surface area contributed by atoms with Crippen LogP contribution in [0, 0.1) is 0 Å². The maximum atomic E-state index is 5.28. The molecule has 2 aromatic carbocycles. The van der Waals surface area contributed by atoms with E-state index in [0.717, 1.165) is 29.1 Å². The molecule has 0 saturated carbocycles. The van der Waals surface area contributed by atoms with Gasteiger partial charge in [0.05, 0.1) is 19.0 Å². The first kappa shape index (κ1) is 15.3. The second-order valence-electron chi connectivity index (χ2n) is 5.51. The fourth-order valence-electron chi connectivity index (χ4n) is 2.61. The summed E-state index contributed by atoms with van der Waals surface area (Å²) in [7, 11) is 1.67. The fourth-order valence-corrected chi connectivity index (χ4v) is 2.61. The van der Waals surface area contributed by atoms with Crippen molar-refractivity contribution in [3.63, 3.8) is 0 Å². The number of methoxy groups -OCH3 is 1. The summed E-state index contributed by atoms with van der Waals surface area (Å²) in [4.78, 5) is 0. The molecule has 0 spiro atoms. The molecule has 23 heavy (non-hydrogen) atoms. The van der Waals surface area contributed by atoms with Crippen LogP contribution in [0.5, 0.6) is 5.75 Å². The van der Waals surface area contributed by atoms with E-state index in [-0.39, 0.29) is 0 Å². The molecule has 0 bridgehead atoms. The van der Waals surface area contributed by atoms with Gasteiger partial charge in [0.25, 0.3) is 0 Å². The molecule has 4 heteroatoms. The van der Waals surface area contributed by atoms with Crippen molar-refractivity contribution in [2.45, 2.75) is 26.2 Å². The van der Waals surface area contributed by atoms with E-state index in [1.54, 1.807) is 7.11 Å². The molecule has 0 atom stereocenters.